The van der Waals surface area contributed by atoms with Crippen LogP contribution < -0.4 is 0 Å². The second kappa shape index (κ2) is 4.19. The molecule has 0 spiro atoms. The van der Waals surface area contributed by atoms with Crippen LogP contribution >= 0.6 is 0 Å². The van der Waals surface area contributed by atoms with Crippen molar-refractivity contribution in [2.45, 2.75) is 57.7 Å². The van der Waals surface area contributed by atoms with Crippen molar-refractivity contribution in [3.63, 3.8) is 0 Å². The van der Waals surface area contributed by atoms with Gasteiger partial charge in [-0.2, -0.15) is 0 Å². The van der Waals surface area contributed by atoms with Gasteiger partial charge in [-0.3, -0.25) is 4.90 Å². The summed E-state index contributed by atoms with van der Waals surface area (Å²) in [5, 5.41) is 0. The van der Waals surface area contributed by atoms with E-state index in [0.717, 1.165) is 18.0 Å². The van der Waals surface area contributed by atoms with Gasteiger partial charge in [-0.15, -0.1) is 0 Å². The number of likely N-dealkylation sites (tertiary alicyclic amines) is 1. The van der Waals surface area contributed by atoms with Crippen LogP contribution in [0.15, 0.2) is 0 Å². The van der Waals surface area contributed by atoms with E-state index in [4.69, 9.17) is 4.74 Å². The number of hydrogen-bond donors (Lipinski definition) is 0. The fourth-order valence-electron chi connectivity index (χ4n) is 2.97. The van der Waals surface area contributed by atoms with Gasteiger partial charge in [0.05, 0.1) is 6.10 Å². The Morgan fingerprint density at radius 3 is 2.43 bits per heavy atom. The van der Waals surface area contributed by atoms with E-state index in [0.29, 0.717) is 6.10 Å². The molecule has 1 saturated carbocycles. The van der Waals surface area contributed by atoms with E-state index in [1.54, 1.807) is 0 Å². The number of methoxy groups -OCH3 is 1. The zero-order chi connectivity index (χ0) is 10.1. The van der Waals surface area contributed by atoms with Crippen molar-refractivity contribution < 1.29 is 4.74 Å². The first-order chi connectivity index (χ1) is 6.70. The molecular formula is C12H23NO. The van der Waals surface area contributed by atoms with Crippen LogP contribution in [-0.4, -0.2) is 36.7 Å². The zero-order valence-corrected chi connectivity index (χ0v) is 9.70. The van der Waals surface area contributed by atoms with Gasteiger partial charge in [0.25, 0.3) is 0 Å². The van der Waals surface area contributed by atoms with E-state index < -0.39 is 0 Å². The van der Waals surface area contributed by atoms with Crippen molar-refractivity contribution >= 4 is 0 Å². The maximum Gasteiger partial charge on any atom is 0.0601 e. The fourth-order valence-corrected chi connectivity index (χ4v) is 2.97. The molecule has 2 aliphatic rings. The monoisotopic (exact) mass is 197 g/mol. The molecule has 14 heavy (non-hydrogen) atoms. The van der Waals surface area contributed by atoms with Crippen LogP contribution in [0, 0.1) is 5.92 Å². The second-order valence-electron chi connectivity index (χ2n) is 5.20. The predicted octanol–water partition coefficient (Wildman–Crippen LogP) is 2.28. The lowest BCUT2D eigenvalue weighted by Gasteiger charge is -2.48. The maximum absolute atomic E-state index is 5.34. The molecule has 0 aromatic rings. The summed E-state index contributed by atoms with van der Waals surface area (Å²) in [6.07, 6.45) is 5.84. The van der Waals surface area contributed by atoms with Crippen molar-refractivity contribution in [2.75, 3.05) is 13.7 Å². The topological polar surface area (TPSA) is 12.5 Å². The van der Waals surface area contributed by atoms with Gasteiger partial charge in [-0.25, -0.2) is 0 Å². The Labute approximate surface area is 87.6 Å². The minimum Gasteiger partial charge on any atom is -0.381 e. The van der Waals surface area contributed by atoms with Crippen molar-refractivity contribution in [1.82, 2.24) is 4.90 Å². The largest absolute Gasteiger partial charge is 0.381 e. The summed E-state index contributed by atoms with van der Waals surface area (Å²) in [5.74, 6) is 0.930. The Kier molecular flexibility index (Phi) is 3.13. The third-order valence-electron chi connectivity index (χ3n) is 4.06. The SMILES string of the molecule is COC1CC(N2CC[C@H](C)C[C@@H]2C)C1. The number of piperidine rings is 1. The Morgan fingerprint density at radius 1 is 1.14 bits per heavy atom. The normalized spacial score (nSPS) is 44.8. The Bertz CT molecular complexity index is 189. The first-order valence-electron chi connectivity index (χ1n) is 5.99. The molecule has 1 aliphatic carbocycles. The van der Waals surface area contributed by atoms with Crippen LogP contribution in [0.25, 0.3) is 0 Å². The third kappa shape index (κ3) is 1.96. The quantitative estimate of drug-likeness (QED) is 0.673. The highest BCUT2D eigenvalue weighted by atomic mass is 16.5. The number of ether oxygens (including phenoxy) is 1. The van der Waals surface area contributed by atoms with Crippen LogP contribution in [0.4, 0.5) is 0 Å². The molecule has 0 aromatic carbocycles. The minimum atomic E-state index is 0.548. The molecule has 0 N–H and O–H groups in total. The van der Waals surface area contributed by atoms with Crippen LogP contribution in [0.1, 0.15) is 39.5 Å². The van der Waals surface area contributed by atoms with Crippen molar-refractivity contribution in [1.29, 1.82) is 0 Å². The molecule has 0 bridgehead atoms. The highest BCUT2D eigenvalue weighted by Crippen LogP contribution is 2.33. The molecule has 1 aliphatic heterocycles. The van der Waals surface area contributed by atoms with Crippen LogP contribution in [0.5, 0.6) is 0 Å². The molecular weight excluding hydrogens is 174 g/mol. The van der Waals surface area contributed by atoms with E-state index in [1.807, 2.05) is 7.11 Å². The summed E-state index contributed by atoms with van der Waals surface area (Å²) in [6, 6.07) is 1.61. The predicted molar refractivity (Wildman–Crippen MR) is 58.4 cm³/mol. The molecule has 2 nitrogen and oxygen atoms in total. The molecule has 2 rings (SSSR count). The lowest BCUT2D eigenvalue weighted by atomic mass is 9.83. The third-order valence-corrected chi connectivity index (χ3v) is 4.06. The van der Waals surface area contributed by atoms with Crippen LogP contribution in [-0.2, 0) is 4.74 Å². The molecule has 2 fully saturated rings. The summed E-state index contributed by atoms with van der Waals surface area (Å²) in [4.78, 5) is 2.70. The average Bonchev–Trinajstić information content (AvgIpc) is 2.06. The van der Waals surface area contributed by atoms with E-state index in [9.17, 15) is 0 Å². The van der Waals surface area contributed by atoms with Gasteiger partial charge >= 0.3 is 0 Å². The van der Waals surface area contributed by atoms with Crippen LogP contribution in [0.3, 0.4) is 0 Å². The van der Waals surface area contributed by atoms with Crippen molar-refractivity contribution in [3.8, 4) is 0 Å². The summed E-state index contributed by atoms with van der Waals surface area (Å²) in [6.45, 7) is 6.08. The maximum atomic E-state index is 5.34. The van der Waals surface area contributed by atoms with Gasteiger partial charge in [0, 0.05) is 19.2 Å². The Balaban J connectivity index is 1.81. The van der Waals surface area contributed by atoms with Gasteiger partial charge in [0.2, 0.25) is 0 Å². The van der Waals surface area contributed by atoms with Gasteiger partial charge in [0.15, 0.2) is 0 Å². The minimum absolute atomic E-state index is 0.548. The highest BCUT2D eigenvalue weighted by molar-refractivity contribution is 4.92. The second-order valence-corrected chi connectivity index (χ2v) is 5.20. The number of rotatable bonds is 2. The molecule has 1 heterocycles. The molecule has 82 valence electrons. The molecule has 2 heteroatoms. The first kappa shape index (κ1) is 10.4. The highest BCUT2D eigenvalue weighted by Gasteiger charge is 2.37. The fraction of sp³-hybridized carbons (Fsp3) is 1.00. The lowest BCUT2D eigenvalue weighted by molar-refractivity contribution is -0.0512. The van der Waals surface area contributed by atoms with E-state index in [1.165, 1.54) is 32.2 Å². The first-order valence-corrected chi connectivity index (χ1v) is 5.99. The lowest BCUT2D eigenvalue weighted by Crippen LogP contribution is -2.53. The van der Waals surface area contributed by atoms with Gasteiger partial charge in [-0.1, -0.05) is 6.92 Å². The number of nitrogens with zero attached hydrogens (tertiary/aromatic N) is 1. The summed E-state index contributed by atoms with van der Waals surface area (Å²) in [5.41, 5.74) is 0. The number of hydrogen-bond acceptors (Lipinski definition) is 2. The molecule has 0 amide bonds. The van der Waals surface area contributed by atoms with Crippen molar-refractivity contribution in [3.05, 3.63) is 0 Å². The van der Waals surface area contributed by atoms with Gasteiger partial charge in [0.1, 0.15) is 0 Å². The molecule has 1 saturated heterocycles. The van der Waals surface area contributed by atoms with Crippen LogP contribution in [0.2, 0.25) is 0 Å². The van der Waals surface area contributed by atoms with Gasteiger partial charge < -0.3 is 4.74 Å². The van der Waals surface area contributed by atoms with E-state index in [2.05, 4.69) is 18.7 Å². The summed E-state index contributed by atoms with van der Waals surface area (Å²) >= 11 is 0. The van der Waals surface area contributed by atoms with Crippen molar-refractivity contribution in [2.24, 2.45) is 5.92 Å². The Morgan fingerprint density at radius 2 is 1.86 bits per heavy atom. The van der Waals surface area contributed by atoms with E-state index >= 15 is 0 Å². The zero-order valence-electron chi connectivity index (χ0n) is 9.70. The molecule has 0 radical (unpaired) electrons. The smallest absolute Gasteiger partial charge is 0.0601 e. The van der Waals surface area contributed by atoms with E-state index in [-0.39, 0.29) is 0 Å². The molecule has 2 atom stereocenters. The summed E-state index contributed by atoms with van der Waals surface area (Å²) < 4.78 is 5.34. The Hall–Kier alpha value is -0.0800. The van der Waals surface area contributed by atoms with Gasteiger partial charge in [-0.05, 0) is 45.1 Å². The molecule has 0 unspecified atom stereocenters. The standard InChI is InChI=1S/C12H23NO/c1-9-4-5-13(10(2)6-9)11-7-12(8-11)14-3/h9-12H,4-8H2,1-3H3/t9-,10-,11?,12?/m0/s1. The summed E-state index contributed by atoms with van der Waals surface area (Å²) in [7, 11) is 1.84. The average molecular weight is 197 g/mol. The molecule has 0 aromatic heterocycles.